The quantitative estimate of drug-likeness (QED) is 0.848. The lowest BCUT2D eigenvalue weighted by atomic mass is 9.88. The van der Waals surface area contributed by atoms with Gasteiger partial charge in [-0.15, -0.1) is 11.6 Å². The fraction of sp³-hybridized carbons (Fsp3) is 0.533. The van der Waals surface area contributed by atoms with Gasteiger partial charge in [0.1, 0.15) is 11.6 Å². The first-order valence-electron chi connectivity index (χ1n) is 6.91. The van der Waals surface area contributed by atoms with Crippen molar-refractivity contribution in [1.82, 2.24) is 5.32 Å². The van der Waals surface area contributed by atoms with E-state index in [4.69, 9.17) is 11.6 Å². The molecule has 110 valence electrons. The van der Waals surface area contributed by atoms with E-state index >= 15 is 0 Å². The maximum atomic E-state index is 13.4. The summed E-state index contributed by atoms with van der Waals surface area (Å²) in [4.78, 5) is 11.8. The van der Waals surface area contributed by atoms with Crippen molar-refractivity contribution in [1.29, 1.82) is 0 Å². The van der Waals surface area contributed by atoms with Gasteiger partial charge in [-0.2, -0.15) is 0 Å². The molecule has 0 aliphatic heterocycles. The largest absolute Gasteiger partial charge is 0.355 e. The summed E-state index contributed by atoms with van der Waals surface area (Å²) >= 11 is 6.21. The molecule has 0 radical (unpaired) electrons. The minimum Gasteiger partial charge on any atom is -0.355 e. The minimum absolute atomic E-state index is 0.0780. The van der Waals surface area contributed by atoms with Crippen LogP contribution >= 0.6 is 11.6 Å². The maximum Gasteiger partial charge on any atom is 0.224 e. The number of hydrogen-bond acceptors (Lipinski definition) is 1. The van der Waals surface area contributed by atoms with Gasteiger partial charge in [-0.1, -0.05) is 18.9 Å². The summed E-state index contributed by atoms with van der Waals surface area (Å²) in [6.07, 6.45) is 3.91. The van der Waals surface area contributed by atoms with E-state index in [1.165, 1.54) is 6.07 Å². The first-order chi connectivity index (χ1) is 9.58. The second-order valence-electron chi connectivity index (χ2n) is 5.24. The van der Waals surface area contributed by atoms with Crippen molar-refractivity contribution >= 4 is 17.5 Å². The molecule has 1 fully saturated rings. The van der Waals surface area contributed by atoms with E-state index in [2.05, 4.69) is 5.32 Å². The molecule has 1 aromatic rings. The molecule has 0 bridgehead atoms. The highest BCUT2D eigenvalue weighted by molar-refractivity contribution is 6.20. The molecule has 5 heteroatoms. The number of benzene rings is 1. The van der Waals surface area contributed by atoms with Crippen LogP contribution in [0.2, 0.25) is 0 Å². The first-order valence-corrected chi connectivity index (χ1v) is 7.35. The molecule has 2 nitrogen and oxygen atoms in total. The molecule has 1 aliphatic carbocycles. The predicted octanol–water partition coefficient (Wildman–Crippen LogP) is 3.42. The van der Waals surface area contributed by atoms with Gasteiger partial charge in [-0.05, 0) is 30.9 Å². The molecule has 1 aliphatic rings. The number of carbonyl (C=O) groups is 1. The van der Waals surface area contributed by atoms with E-state index in [1.807, 2.05) is 0 Å². The van der Waals surface area contributed by atoms with Gasteiger partial charge < -0.3 is 5.32 Å². The average molecular weight is 302 g/mol. The Labute approximate surface area is 122 Å². The van der Waals surface area contributed by atoms with E-state index in [0.717, 1.165) is 37.8 Å². The molecule has 2 unspecified atom stereocenters. The number of rotatable bonds is 4. The van der Waals surface area contributed by atoms with Crippen LogP contribution in [-0.2, 0) is 11.2 Å². The van der Waals surface area contributed by atoms with Gasteiger partial charge in [-0.3, -0.25) is 4.79 Å². The molecular weight excluding hydrogens is 284 g/mol. The summed E-state index contributed by atoms with van der Waals surface area (Å²) in [5, 5.41) is 2.81. The van der Waals surface area contributed by atoms with Crippen LogP contribution in [0.1, 0.15) is 31.2 Å². The summed E-state index contributed by atoms with van der Waals surface area (Å²) < 4.78 is 26.9. The van der Waals surface area contributed by atoms with Gasteiger partial charge in [0.25, 0.3) is 0 Å². The molecule has 20 heavy (non-hydrogen) atoms. The Kier molecular flexibility index (Phi) is 5.35. The van der Waals surface area contributed by atoms with Gasteiger partial charge in [0.2, 0.25) is 5.91 Å². The number of halogens is 3. The molecule has 0 aromatic heterocycles. The highest BCUT2D eigenvalue weighted by Crippen LogP contribution is 2.28. The molecule has 2 atom stereocenters. The number of carbonyl (C=O) groups excluding carboxylic acids is 1. The van der Waals surface area contributed by atoms with E-state index in [-0.39, 0.29) is 29.2 Å². The van der Waals surface area contributed by atoms with Crippen LogP contribution in [0.4, 0.5) is 8.78 Å². The molecule has 1 aromatic carbocycles. The molecule has 1 N–H and O–H groups in total. The molecule has 0 spiro atoms. The lowest BCUT2D eigenvalue weighted by molar-refractivity contribution is -0.120. The minimum atomic E-state index is -0.687. The molecule has 1 amide bonds. The molecule has 1 saturated carbocycles. The van der Waals surface area contributed by atoms with Gasteiger partial charge in [-0.25, -0.2) is 8.78 Å². The van der Waals surface area contributed by atoms with Crippen molar-refractivity contribution < 1.29 is 13.6 Å². The SMILES string of the molecule is O=C(Cc1c(F)cccc1F)NCC1CCCCC1Cl. The van der Waals surface area contributed by atoms with Crippen molar-refractivity contribution in [3.63, 3.8) is 0 Å². The van der Waals surface area contributed by atoms with E-state index in [9.17, 15) is 13.6 Å². The van der Waals surface area contributed by atoms with Gasteiger partial charge in [0.15, 0.2) is 0 Å². The van der Waals surface area contributed by atoms with Crippen LogP contribution in [-0.4, -0.2) is 17.8 Å². The van der Waals surface area contributed by atoms with Crippen LogP contribution in [0.25, 0.3) is 0 Å². The van der Waals surface area contributed by atoms with Crippen molar-refractivity contribution in [2.24, 2.45) is 5.92 Å². The third-order valence-electron chi connectivity index (χ3n) is 3.78. The summed E-state index contributed by atoms with van der Waals surface area (Å²) in [5.41, 5.74) is -0.184. The van der Waals surface area contributed by atoms with Crippen molar-refractivity contribution in [3.8, 4) is 0 Å². The van der Waals surface area contributed by atoms with Crippen molar-refractivity contribution in [2.45, 2.75) is 37.5 Å². The van der Waals surface area contributed by atoms with Gasteiger partial charge in [0.05, 0.1) is 6.42 Å². The molecule has 0 saturated heterocycles. The lowest BCUT2D eigenvalue weighted by Crippen LogP contribution is -2.35. The standard InChI is InChI=1S/C15H18ClF2NO/c16-12-5-2-1-4-10(12)9-19-15(20)8-11-13(17)6-3-7-14(11)18/h3,6-7,10,12H,1-2,4-5,8-9H2,(H,19,20). The summed E-state index contributed by atoms with van der Waals surface area (Å²) in [6, 6.07) is 3.59. The number of alkyl halides is 1. The monoisotopic (exact) mass is 301 g/mol. The normalized spacial score (nSPS) is 22.6. The topological polar surface area (TPSA) is 29.1 Å². The number of amides is 1. The average Bonchev–Trinajstić information content (AvgIpc) is 2.42. The van der Waals surface area contributed by atoms with E-state index < -0.39 is 11.6 Å². The Morgan fingerprint density at radius 3 is 2.55 bits per heavy atom. The van der Waals surface area contributed by atoms with Crippen molar-refractivity contribution in [3.05, 3.63) is 35.4 Å². The Morgan fingerprint density at radius 1 is 1.25 bits per heavy atom. The Bertz CT molecular complexity index is 461. The Hall–Kier alpha value is -1.16. The highest BCUT2D eigenvalue weighted by atomic mass is 35.5. The third-order valence-corrected chi connectivity index (χ3v) is 4.35. The Balaban J connectivity index is 1.86. The van der Waals surface area contributed by atoms with Crippen LogP contribution in [0.3, 0.4) is 0 Å². The van der Waals surface area contributed by atoms with Crippen LogP contribution in [0.5, 0.6) is 0 Å². The first kappa shape index (κ1) is 15.2. The molecule has 2 rings (SSSR count). The van der Waals surface area contributed by atoms with E-state index in [1.54, 1.807) is 0 Å². The molecule has 0 heterocycles. The van der Waals surface area contributed by atoms with Crippen molar-refractivity contribution in [2.75, 3.05) is 6.54 Å². The fourth-order valence-electron chi connectivity index (χ4n) is 2.56. The highest BCUT2D eigenvalue weighted by Gasteiger charge is 2.23. The maximum absolute atomic E-state index is 13.4. The zero-order chi connectivity index (χ0) is 14.5. The predicted molar refractivity (Wildman–Crippen MR) is 74.7 cm³/mol. The van der Waals surface area contributed by atoms with Crippen LogP contribution < -0.4 is 5.32 Å². The summed E-state index contributed by atoms with van der Waals surface area (Å²) in [7, 11) is 0. The van der Waals surface area contributed by atoms with E-state index in [0.29, 0.717) is 6.54 Å². The zero-order valence-corrected chi connectivity index (χ0v) is 11.9. The van der Waals surface area contributed by atoms with Gasteiger partial charge >= 0.3 is 0 Å². The summed E-state index contributed by atoms with van der Waals surface area (Å²) in [6.45, 7) is 0.475. The smallest absolute Gasteiger partial charge is 0.224 e. The Morgan fingerprint density at radius 2 is 1.90 bits per heavy atom. The lowest BCUT2D eigenvalue weighted by Gasteiger charge is -2.27. The second-order valence-corrected chi connectivity index (χ2v) is 5.80. The third kappa shape index (κ3) is 3.92. The van der Waals surface area contributed by atoms with Crippen LogP contribution in [0.15, 0.2) is 18.2 Å². The van der Waals surface area contributed by atoms with Gasteiger partial charge in [0, 0.05) is 17.5 Å². The number of nitrogens with one attached hydrogen (secondary N) is 1. The van der Waals surface area contributed by atoms with Crippen LogP contribution in [0, 0.1) is 17.6 Å². The second kappa shape index (κ2) is 7.02. The molecular formula is C15H18ClF2NO. The number of hydrogen-bond donors (Lipinski definition) is 1. The fourth-order valence-corrected chi connectivity index (χ4v) is 2.93. The zero-order valence-electron chi connectivity index (χ0n) is 11.2. The summed E-state index contributed by atoms with van der Waals surface area (Å²) in [5.74, 6) is -1.50.